The number of benzene rings is 1. The maximum absolute atomic E-state index is 12.8. The van der Waals surface area contributed by atoms with E-state index in [1.165, 1.54) is 0 Å². The second-order valence-corrected chi connectivity index (χ2v) is 8.33. The minimum Gasteiger partial charge on any atom is -0.494 e. The van der Waals surface area contributed by atoms with Crippen LogP contribution in [-0.2, 0) is 11.3 Å². The Balaban J connectivity index is 1.80. The predicted molar refractivity (Wildman–Crippen MR) is 129 cm³/mol. The summed E-state index contributed by atoms with van der Waals surface area (Å²) in [5.41, 5.74) is 1.41. The van der Waals surface area contributed by atoms with Gasteiger partial charge in [0.05, 0.1) is 26.4 Å². The Morgan fingerprint density at radius 2 is 2.10 bits per heavy atom. The normalized spacial score (nSPS) is 15.6. The van der Waals surface area contributed by atoms with E-state index in [1.807, 2.05) is 31.2 Å². The van der Waals surface area contributed by atoms with Crippen molar-refractivity contribution in [2.75, 3.05) is 46.0 Å². The first-order valence-electron chi connectivity index (χ1n) is 11.1. The van der Waals surface area contributed by atoms with Crippen LogP contribution in [0.3, 0.4) is 0 Å². The van der Waals surface area contributed by atoms with Crippen LogP contribution in [0.25, 0.3) is 10.9 Å². The SMILES string of the molecule is CCOc1ccc2[nH]c(=O)c(CN(CCN3CCOCC3)C(=S)N[C@@H](C)CC)cc2c1. The van der Waals surface area contributed by atoms with Crippen molar-refractivity contribution in [3.05, 3.63) is 40.2 Å². The van der Waals surface area contributed by atoms with Crippen LogP contribution in [0, 0.1) is 0 Å². The van der Waals surface area contributed by atoms with Gasteiger partial charge in [0.15, 0.2) is 5.11 Å². The molecule has 2 N–H and O–H groups in total. The molecule has 0 unspecified atom stereocenters. The summed E-state index contributed by atoms with van der Waals surface area (Å²) in [6.45, 7) is 12.3. The molecule has 2 aromatic rings. The van der Waals surface area contributed by atoms with Gasteiger partial charge in [-0.05, 0) is 56.8 Å². The third kappa shape index (κ3) is 6.66. The minimum absolute atomic E-state index is 0.0839. The second kappa shape index (κ2) is 11.5. The number of aromatic amines is 1. The highest BCUT2D eigenvalue weighted by Crippen LogP contribution is 2.19. The summed E-state index contributed by atoms with van der Waals surface area (Å²) in [7, 11) is 0. The first-order valence-corrected chi connectivity index (χ1v) is 11.5. The van der Waals surface area contributed by atoms with Crippen LogP contribution in [0.15, 0.2) is 29.1 Å². The maximum atomic E-state index is 12.8. The molecule has 1 aromatic carbocycles. The van der Waals surface area contributed by atoms with Crippen molar-refractivity contribution in [2.24, 2.45) is 0 Å². The molecule has 0 amide bonds. The van der Waals surface area contributed by atoms with Gasteiger partial charge in [0.2, 0.25) is 0 Å². The Kier molecular flexibility index (Phi) is 8.69. The zero-order chi connectivity index (χ0) is 22.2. The van der Waals surface area contributed by atoms with Gasteiger partial charge in [0.1, 0.15) is 5.75 Å². The molecule has 3 rings (SSSR count). The van der Waals surface area contributed by atoms with E-state index in [-0.39, 0.29) is 11.6 Å². The first-order chi connectivity index (χ1) is 15.0. The molecular formula is C23H34N4O3S. The highest BCUT2D eigenvalue weighted by atomic mass is 32.1. The molecule has 1 aliphatic heterocycles. The van der Waals surface area contributed by atoms with Crippen molar-refractivity contribution in [2.45, 2.75) is 39.8 Å². The smallest absolute Gasteiger partial charge is 0.253 e. The van der Waals surface area contributed by atoms with E-state index < -0.39 is 0 Å². The van der Waals surface area contributed by atoms with Gasteiger partial charge < -0.3 is 24.7 Å². The molecule has 31 heavy (non-hydrogen) atoms. The van der Waals surface area contributed by atoms with Gasteiger partial charge in [0, 0.05) is 48.7 Å². The number of rotatable bonds is 9. The van der Waals surface area contributed by atoms with Crippen LogP contribution in [-0.4, -0.2) is 71.9 Å². The summed E-state index contributed by atoms with van der Waals surface area (Å²) < 4.78 is 11.1. The fourth-order valence-electron chi connectivity index (χ4n) is 3.55. The topological polar surface area (TPSA) is 69.8 Å². The van der Waals surface area contributed by atoms with E-state index in [0.29, 0.717) is 23.8 Å². The molecule has 1 saturated heterocycles. The van der Waals surface area contributed by atoms with E-state index in [4.69, 9.17) is 21.7 Å². The lowest BCUT2D eigenvalue weighted by Gasteiger charge is -2.32. The standard InChI is InChI=1S/C23H34N4O3S/c1-4-17(3)24-23(31)27(9-8-26-10-12-29-13-11-26)16-19-14-18-15-20(30-5-2)6-7-21(18)25-22(19)28/h6-7,14-15,17H,4-5,8-13,16H2,1-3H3,(H,24,31)(H,25,28)/t17-/m0/s1. The van der Waals surface area contributed by atoms with Gasteiger partial charge in [-0.2, -0.15) is 0 Å². The van der Waals surface area contributed by atoms with Gasteiger partial charge in [0.25, 0.3) is 5.56 Å². The van der Waals surface area contributed by atoms with Crippen molar-refractivity contribution in [1.29, 1.82) is 0 Å². The number of pyridine rings is 1. The zero-order valence-corrected chi connectivity index (χ0v) is 19.6. The van der Waals surface area contributed by atoms with E-state index in [1.54, 1.807) is 0 Å². The molecule has 2 heterocycles. The van der Waals surface area contributed by atoms with Crippen LogP contribution in [0.2, 0.25) is 0 Å². The monoisotopic (exact) mass is 446 g/mol. The fourth-order valence-corrected chi connectivity index (χ4v) is 3.91. The second-order valence-electron chi connectivity index (χ2n) is 7.94. The van der Waals surface area contributed by atoms with Crippen LogP contribution >= 0.6 is 12.2 Å². The maximum Gasteiger partial charge on any atom is 0.253 e. The Labute approximate surface area is 189 Å². The van der Waals surface area contributed by atoms with Gasteiger partial charge in [-0.25, -0.2) is 0 Å². The lowest BCUT2D eigenvalue weighted by atomic mass is 10.1. The van der Waals surface area contributed by atoms with Crippen molar-refractivity contribution in [3.8, 4) is 5.75 Å². The largest absolute Gasteiger partial charge is 0.494 e. The molecule has 8 heteroatoms. The summed E-state index contributed by atoms with van der Waals surface area (Å²) in [6.07, 6.45) is 0.980. The molecule has 0 spiro atoms. The number of nitrogens with one attached hydrogen (secondary N) is 2. The van der Waals surface area contributed by atoms with Crippen molar-refractivity contribution < 1.29 is 9.47 Å². The minimum atomic E-state index is -0.0839. The summed E-state index contributed by atoms with van der Waals surface area (Å²) in [5, 5.41) is 5.04. The van der Waals surface area contributed by atoms with Gasteiger partial charge in [-0.3, -0.25) is 9.69 Å². The predicted octanol–water partition coefficient (Wildman–Crippen LogP) is 2.73. The lowest BCUT2D eigenvalue weighted by molar-refractivity contribution is 0.0357. The summed E-state index contributed by atoms with van der Waals surface area (Å²) in [6, 6.07) is 7.95. The number of morpholine rings is 1. The molecule has 1 atom stereocenters. The summed E-state index contributed by atoms with van der Waals surface area (Å²) in [5.74, 6) is 0.797. The number of fused-ring (bicyclic) bond motifs is 1. The zero-order valence-electron chi connectivity index (χ0n) is 18.8. The first kappa shape index (κ1) is 23.5. The van der Waals surface area contributed by atoms with E-state index >= 15 is 0 Å². The molecule has 0 radical (unpaired) electrons. The molecule has 0 saturated carbocycles. The molecule has 0 bridgehead atoms. The van der Waals surface area contributed by atoms with Crippen LogP contribution in [0.5, 0.6) is 5.75 Å². The number of aromatic nitrogens is 1. The highest BCUT2D eigenvalue weighted by Gasteiger charge is 2.17. The Morgan fingerprint density at radius 3 is 2.81 bits per heavy atom. The molecule has 1 aliphatic rings. The Hall–Kier alpha value is -2.16. The molecular weight excluding hydrogens is 412 g/mol. The number of H-pyrrole nitrogens is 1. The van der Waals surface area contributed by atoms with Crippen LogP contribution in [0.4, 0.5) is 0 Å². The highest BCUT2D eigenvalue weighted by molar-refractivity contribution is 7.80. The molecule has 0 aliphatic carbocycles. The summed E-state index contributed by atoms with van der Waals surface area (Å²) in [4.78, 5) is 20.3. The Bertz CT molecular complexity index is 927. The average molecular weight is 447 g/mol. The number of ether oxygens (including phenoxy) is 2. The van der Waals surface area contributed by atoms with E-state index in [0.717, 1.165) is 62.5 Å². The number of hydrogen-bond donors (Lipinski definition) is 2. The number of nitrogens with zero attached hydrogens (tertiary/aromatic N) is 2. The van der Waals surface area contributed by atoms with Gasteiger partial charge >= 0.3 is 0 Å². The lowest BCUT2D eigenvalue weighted by Crippen LogP contribution is -2.48. The average Bonchev–Trinajstić information content (AvgIpc) is 2.77. The van der Waals surface area contributed by atoms with Gasteiger partial charge in [-0.1, -0.05) is 6.92 Å². The van der Waals surface area contributed by atoms with Crippen LogP contribution in [0.1, 0.15) is 32.8 Å². The van der Waals surface area contributed by atoms with Gasteiger partial charge in [-0.15, -0.1) is 0 Å². The fraction of sp³-hybridized carbons (Fsp3) is 0.565. The summed E-state index contributed by atoms with van der Waals surface area (Å²) >= 11 is 5.72. The van der Waals surface area contributed by atoms with E-state index in [2.05, 4.69) is 33.9 Å². The third-order valence-electron chi connectivity index (χ3n) is 5.62. The van der Waals surface area contributed by atoms with Crippen molar-refractivity contribution in [1.82, 2.24) is 20.1 Å². The quantitative estimate of drug-likeness (QED) is 0.574. The number of thiocarbonyl (C=S) groups is 1. The van der Waals surface area contributed by atoms with Crippen LogP contribution < -0.4 is 15.6 Å². The van der Waals surface area contributed by atoms with E-state index in [9.17, 15) is 4.79 Å². The third-order valence-corrected chi connectivity index (χ3v) is 6.00. The molecule has 1 fully saturated rings. The Morgan fingerprint density at radius 1 is 1.32 bits per heavy atom. The van der Waals surface area contributed by atoms with Crippen molar-refractivity contribution >= 4 is 28.2 Å². The van der Waals surface area contributed by atoms with Crippen molar-refractivity contribution in [3.63, 3.8) is 0 Å². The molecule has 170 valence electrons. The molecule has 7 nitrogen and oxygen atoms in total. The number of hydrogen-bond acceptors (Lipinski definition) is 5. The molecule has 1 aromatic heterocycles.